The van der Waals surface area contributed by atoms with Crippen molar-refractivity contribution in [2.45, 2.75) is 6.61 Å². The minimum atomic E-state index is -0.199. The van der Waals surface area contributed by atoms with E-state index in [0.717, 1.165) is 11.3 Å². The highest BCUT2D eigenvalue weighted by Crippen LogP contribution is 2.18. The number of carbonyl (C=O) groups is 1. The molecule has 144 valence electrons. The Hall–Kier alpha value is -3.38. The molecule has 1 heterocycles. The minimum absolute atomic E-state index is 0.199. The van der Waals surface area contributed by atoms with Crippen LogP contribution in [0.5, 0.6) is 5.75 Å². The lowest BCUT2D eigenvalue weighted by atomic mass is 10.2. The smallest absolute Gasteiger partial charge is 0.255 e. The van der Waals surface area contributed by atoms with Crippen molar-refractivity contribution >= 4 is 17.4 Å². The first-order valence-corrected chi connectivity index (χ1v) is 9.01. The molecule has 28 heavy (non-hydrogen) atoms. The molecule has 6 nitrogen and oxygen atoms in total. The lowest BCUT2D eigenvalue weighted by Gasteiger charge is -2.09. The molecule has 0 bridgehead atoms. The minimum Gasteiger partial charge on any atom is -0.489 e. The van der Waals surface area contributed by atoms with E-state index in [0.29, 0.717) is 36.8 Å². The molecule has 1 amide bonds. The number of benzene rings is 2. The largest absolute Gasteiger partial charge is 0.489 e. The van der Waals surface area contributed by atoms with Crippen molar-refractivity contribution < 1.29 is 14.3 Å². The Kier molecular flexibility index (Phi) is 6.98. The molecule has 1 aromatic heterocycles. The maximum Gasteiger partial charge on any atom is 0.255 e. The van der Waals surface area contributed by atoms with Crippen molar-refractivity contribution in [1.82, 2.24) is 4.98 Å². The Morgan fingerprint density at radius 2 is 1.82 bits per heavy atom. The van der Waals surface area contributed by atoms with Crippen LogP contribution in [0.1, 0.15) is 15.9 Å². The third-order valence-corrected chi connectivity index (χ3v) is 3.99. The number of pyridine rings is 1. The summed E-state index contributed by atoms with van der Waals surface area (Å²) in [7, 11) is 1.64. The molecule has 2 aromatic carbocycles. The quantitative estimate of drug-likeness (QED) is 0.552. The summed E-state index contributed by atoms with van der Waals surface area (Å²) < 4.78 is 10.8. The molecule has 0 aliphatic rings. The van der Waals surface area contributed by atoms with Crippen LogP contribution >= 0.6 is 0 Å². The van der Waals surface area contributed by atoms with Crippen LogP contribution in [0.25, 0.3) is 0 Å². The number of hydrogen-bond donors (Lipinski definition) is 2. The molecule has 0 aliphatic heterocycles. The van der Waals surface area contributed by atoms with Gasteiger partial charge in [0.25, 0.3) is 5.91 Å². The molecule has 3 rings (SSSR count). The Morgan fingerprint density at radius 1 is 1.04 bits per heavy atom. The van der Waals surface area contributed by atoms with Crippen molar-refractivity contribution in [2.24, 2.45) is 0 Å². The van der Waals surface area contributed by atoms with Gasteiger partial charge in [0.15, 0.2) is 0 Å². The first-order valence-electron chi connectivity index (χ1n) is 9.01. The molecule has 0 spiro atoms. The van der Waals surface area contributed by atoms with E-state index < -0.39 is 0 Å². The first kappa shape index (κ1) is 19.4. The lowest BCUT2D eigenvalue weighted by molar-refractivity contribution is 0.102. The second-order valence-electron chi connectivity index (χ2n) is 6.10. The molecule has 6 heteroatoms. The maximum absolute atomic E-state index is 12.5. The van der Waals surface area contributed by atoms with Gasteiger partial charge in [-0.2, -0.15) is 0 Å². The standard InChI is InChI=1S/C22H23N3O3/c1-27-14-13-24-21-15-18(11-12-23-21)22(26)25-19-7-9-20(10-8-19)28-16-17-5-3-2-4-6-17/h2-12,15H,13-14,16H2,1H3,(H,23,24)(H,25,26). The monoisotopic (exact) mass is 377 g/mol. The van der Waals surface area contributed by atoms with E-state index in [1.165, 1.54) is 0 Å². The number of aromatic nitrogens is 1. The van der Waals surface area contributed by atoms with Crippen molar-refractivity contribution in [3.63, 3.8) is 0 Å². The number of carbonyl (C=O) groups excluding carboxylic acids is 1. The van der Waals surface area contributed by atoms with E-state index >= 15 is 0 Å². The van der Waals surface area contributed by atoms with Gasteiger partial charge in [-0.25, -0.2) is 4.98 Å². The SMILES string of the molecule is COCCNc1cc(C(=O)Nc2ccc(OCc3ccccc3)cc2)ccn1. The van der Waals surface area contributed by atoms with E-state index in [4.69, 9.17) is 9.47 Å². The van der Waals surface area contributed by atoms with Crippen LogP contribution in [0.4, 0.5) is 11.5 Å². The zero-order valence-corrected chi connectivity index (χ0v) is 15.7. The van der Waals surface area contributed by atoms with Gasteiger partial charge >= 0.3 is 0 Å². The predicted molar refractivity (Wildman–Crippen MR) is 110 cm³/mol. The summed E-state index contributed by atoms with van der Waals surface area (Å²) >= 11 is 0. The highest BCUT2D eigenvalue weighted by atomic mass is 16.5. The third-order valence-electron chi connectivity index (χ3n) is 3.99. The number of nitrogens with zero attached hydrogens (tertiary/aromatic N) is 1. The fourth-order valence-electron chi connectivity index (χ4n) is 2.53. The van der Waals surface area contributed by atoms with E-state index in [9.17, 15) is 4.79 Å². The van der Waals surface area contributed by atoms with Gasteiger partial charge in [0.2, 0.25) is 0 Å². The number of rotatable bonds is 9. The zero-order chi connectivity index (χ0) is 19.6. The van der Waals surface area contributed by atoms with Crippen LogP contribution < -0.4 is 15.4 Å². The molecule has 0 unspecified atom stereocenters. The van der Waals surface area contributed by atoms with Gasteiger partial charge in [0.05, 0.1) is 6.61 Å². The first-order chi connectivity index (χ1) is 13.7. The van der Waals surface area contributed by atoms with Gasteiger partial charge in [-0.05, 0) is 42.0 Å². The van der Waals surface area contributed by atoms with Gasteiger partial charge in [-0.15, -0.1) is 0 Å². The summed E-state index contributed by atoms with van der Waals surface area (Å²) in [5, 5.41) is 5.99. The lowest BCUT2D eigenvalue weighted by Crippen LogP contribution is -2.14. The molecular formula is C22H23N3O3. The van der Waals surface area contributed by atoms with E-state index in [-0.39, 0.29) is 5.91 Å². The van der Waals surface area contributed by atoms with Crippen LogP contribution in [0, 0.1) is 0 Å². The second-order valence-corrected chi connectivity index (χ2v) is 6.10. The summed E-state index contributed by atoms with van der Waals surface area (Å²) in [6, 6.07) is 20.7. The van der Waals surface area contributed by atoms with E-state index in [1.807, 2.05) is 54.6 Å². The number of nitrogens with one attached hydrogen (secondary N) is 2. The zero-order valence-electron chi connectivity index (χ0n) is 15.7. The summed E-state index contributed by atoms with van der Waals surface area (Å²) in [6.07, 6.45) is 1.60. The Labute approximate surface area is 164 Å². The van der Waals surface area contributed by atoms with Gasteiger partial charge in [-0.1, -0.05) is 30.3 Å². The Morgan fingerprint density at radius 3 is 2.57 bits per heavy atom. The van der Waals surface area contributed by atoms with Crippen molar-refractivity contribution in [3.05, 3.63) is 84.1 Å². The number of ether oxygens (including phenoxy) is 2. The van der Waals surface area contributed by atoms with Gasteiger partial charge in [-0.3, -0.25) is 4.79 Å². The fourth-order valence-corrected chi connectivity index (χ4v) is 2.53. The molecule has 0 saturated heterocycles. The number of hydrogen-bond acceptors (Lipinski definition) is 5. The Bertz CT molecular complexity index is 883. The maximum atomic E-state index is 12.5. The number of methoxy groups -OCH3 is 1. The predicted octanol–water partition coefficient (Wildman–Crippen LogP) is 3.97. The summed E-state index contributed by atoms with van der Waals surface area (Å²) in [6.45, 7) is 1.69. The number of amides is 1. The van der Waals surface area contributed by atoms with Gasteiger partial charge in [0, 0.05) is 31.1 Å². The van der Waals surface area contributed by atoms with Crippen molar-refractivity contribution in [3.8, 4) is 5.75 Å². The summed E-state index contributed by atoms with van der Waals surface area (Å²) in [5.74, 6) is 1.18. The normalized spacial score (nSPS) is 10.3. The summed E-state index contributed by atoms with van der Waals surface area (Å²) in [5.41, 5.74) is 2.33. The molecule has 0 saturated carbocycles. The molecule has 2 N–H and O–H groups in total. The van der Waals surface area contributed by atoms with Crippen LogP contribution in [0.15, 0.2) is 72.9 Å². The van der Waals surface area contributed by atoms with E-state index in [1.54, 1.807) is 25.4 Å². The molecule has 0 aliphatic carbocycles. The second kappa shape index (κ2) is 10.1. The van der Waals surface area contributed by atoms with Crippen molar-refractivity contribution in [1.29, 1.82) is 0 Å². The van der Waals surface area contributed by atoms with Crippen LogP contribution in [-0.2, 0) is 11.3 Å². The van der Waals surface area contributed by atoms with E-state index in [2.05, 4.69) is 15.6 Å². The third kappa shape index (κ3) is 5.82. The Balaban J connectivity index is 1.54. The fraction of sp³-hybridized carbons (Fsp3) is 0.182. The van der Waals surface area contributed by atoms with Crippen LogP contribution in [0.2, 0.25) is 0 Å². The molecular weight excluding hydrogens is 354 g/mol. The van der Waals surface area contributed by atoms with Gasteiger partial charge in [0.1, 0.15) is 18.2 Å². The molecule has 0 radical (unpaired) electrons. The molecule has 0 atom stereocenters. The molecule has 3 aromatic rings. The van der Waals surface area contributed by atoms with Crippen LogP contribution in [0.3, 0.4) is 0 Å². The number of anilines is 2. The van der Waals surface area contributed by atoms with Crippen LogP contribution in [-0.4, -0.2) is 31.2 Å². The average molecular weight is 377 g/mol. The highest BCUT2D eigenvalue weighted by molar-refractivity contribution is 6.04. The summed E-state index contributed by atoms with van der Waals surface area (Å²) in [4.78, 5) is 16.7. The average Bonchev–Trinajstić information content (AvgIpc) is 2.74. The van der Waals surface area contributed by atoms with Gasteiger partial charge < -0.3 is 20.1 Å². The van der Waals surface area contributed by atoms with Crippen molar-refractivity contribution in [2.75, 3.05) is 30.9 Å². The molecule has 0 fully saturated rings. The highest BCUT2D eigenvalue weighted by Gasteiger charge is 2.08. The topological polar surface area (TPSA) is 72.5 Å².